The molecule has 0 bridgehead atoms. The lowest BCUT2D eigenvalue weighted by molar-refractivity contribution is 0.0992. The minimum absolute atomic E-state index is 0.684. The first-order valence-corrected chi connectivity index (χ1v) is 23.1. The molecule has 0 aliphatic carbocycles. The molecule has 0 N–H and O–H groups in total. The maximum absolute atomic E-state index is 7.01. The Morgan fingerprint density at radius 1 is 0.294 bits per heavy atom. The van der Waals surface area contributed by atoms with Gasteiger partial charge in [-0.05, 0) is 121 Å². The summed E-state index contributed by atoms with van der Waals surface area (Å²) < 4.78 is 14.0. The van der Waals surface area contributed by atoms with Crippen molar-refractivity contribution >= 4 is 0 Å². The second-order valence-corrected chi connectivity index (χ2v) is 18.0. The molecule has 0 fully saturated rings. The van der Waals surface area contributed by atoms with Crippen molar-refractivity contribution in [2.75, 3.05) is 0 Å². The fourth-order valence-electron chi connectivity index (χ4n) is 8.74. The fourth-order valence-corrected chi connectivity index (χ4v) is 8.74. The monoisotopic (exact) mass is 881 g/mol. The summed E-state index contributed by atoms with van der Waals surface area (Å²) in [5.74, 6) is 1.39. The SMILES string of the molecule is CC(C)(Oc1cc(OC(C)(C)c2ccc(-c3ccccn3)cc2)cc(-c2ccccc2-c2ccc(-c3cc(-c4ccccc4)cc(-c4ccccc4)n3)cc2)c1)c1ccc(-c2ccccn2)cc1. The molecule has 68 heavy (non-hydrogen) atoms. The highest BCUT2D eigenvalue weighted by atomic mass is 16.5. The summed E-state index contributed by atoms with van der Waals surface area (Å²) in [4.78, 5) is 14.3. The highest BCUT2D eigenvalue weighted by Gasteiger charge is 2.27. The van der Waals surface area contributed by atoms with Gasteiger partial charge in [-0.25, -0.2) is 4.98 Å². The Morgan fingerprint density at radius 3 is 1.15 bits per heavy atom. The Hall–Kier alpha value is -8.41. The van der Waals surface area contributed by atoms with Gasteiger partial charge >= 0.3 is 0 Å². The standard InChI is InChI=1S/C63H51N3O2/c1-62(2,52-33-29-47(30-34-52)58-23-13-15-37-64-58)67-54-39-51(40-55(43-54)68-63(3,4)53-35-31-48(32-36-53)59-24-14-16-38-65-59)57-22-12-11-21-56(57)45-25-27-49(28-26-45)61-42-50(44-17-7-5-8-18-44)41-60(66-61)46-19-9-6-10-20-46/h5-43H,1-4H3. The molecule has 0 spiro atoms. The molecule has 5 heteroatoms. The molecule has 7 aromatic carbocycles. The zero-order valence-electron chi connectivity index (χ0n) is 38.7. The second-order valence-electron chi connectivity index (χ2n) is 18.0. The average Bonchev–Trinajstić information content (AvgIpc) is 3.39. The number of rotatable bonds is 13. The molecule has 0 amide bonds. The van der Waals surface area contributed by atoms with Crippen molar-refractivity contribution in [3.05, 3.63) is 248 Å². The summed E-state index contributed by atoms with van der Waals surface area (Å²) in [6.45, 7) is 8.41. The molecular formula is C63H51N3O2. The minimum Gasteiger partial charge on any atom is -0.483 e. The molecule has 0 atom stereocenters. The van der Waals surface area contributed by atoms with E-state index in [2.05, 4.69) is 208 Å². The second kappa shape index (κ2) is 18.8. The van der Waals surface area contributed by atoms with Crippen LogP contribution in [0.15, 0.2) is 237 Å². The number of aromatic nitrogens is 3. The van der Waals surface area contributed by atoms with Crippen molar-refractivity contribution in [2.45, 2.75) is 38.9 Å². The smallest absolute Gasteiger partial charge is 0.128 e. The van der Waals surface area contributed by atoms with Crippen LogP contribution in [0.5, 0.6) is 11.5 Å². The summed E-state index contributed by atoms with van der Waals surface area (Å²) in [6.07, 6.45) is 3.64. The summed E-state index contributed by atoms with van der Waals surface area (Å²) in [5.41, 5.74) is 15.1. The van der Waals surface area contributed by atoms with Gasteiger partial charge in [-0.1, -0.05) is 170 Å². The Kier molecular flexibility index (Phi) is 12.0. The van der Waals surface area contributed by atoms with E-state index in [1.807, 2.05) is 67.0 Å². The van der Waals surface area contributed by atoms with Crippen molar-refractivity contribution in [1.29, 1.82) is 0 Å². The van der Waals surface area contributed by atoms with Crippen LogP contribution in [0.1, 0.15) is 38.8 Å². The van der Waals surface area contributed by atoms with Gasteiger partial charge in [0.05, 0.1) is 22.8 Å². The third-order valence-corrected chi connectivity index (χ3v) is 12.4. The van der Waals surface area contributed by atoms with Gasteiger partial charge in [-0.3, -0.25) is 9.97 Å². The van der Waals surface area contributed by atoms with Crippen LogP contribution < -0.4 is 9.47 Å². The maximum Gasteiger partial charge on any atom is 0.128 e. The molecule has 0 saturated carbocycles. The van der Waals surface area contributed by atoms with Gasteiger partial charge in [-0.2, -0.15) is 0 Å². The first-order chi connectivity index (χ1) is 33.1. The normalized spacial score (nSPS) is 11.5. The van der Waals surface area contributed by atoms with Crippen LogP contribution in [0.25, 0.3) is 78.4 Å². The molecule has 3 aromatic heterocycles. The lowest BCUT2D eigenvalue weighted by atomic mass is 9.92. The Balaban J connectivity index is 1.00. The minimum atomic E-state index is -0.684. The van der Waals surface area contributed by atoms with E-state index < -0.39 is 11.2 Å². The van der Waals surface area contributed by atoms with E-state index in [0.29, 0.717) is 11.5 Å². The van der Waals surface area contributed by atoms with Crippen molar-refractivity contribution < 1.29 is 9.47 Å². The topological polar surface area (TPSA) is 57.1 Å². The average molecular weight is 882 g/mol. The van der Waals surface area contributed by atoms with Gasteiger partial charge in [-0.15, -0.1) is 0 Å². The molecule has 10 aromatic rings. The number of nitrogens with zero attached hydrogens (tertiary/aromatic N) is 3. The van der Waals surface area contributed by atoms with Crippen LogP contribution in [0, 0.1) is 0 Å². The van der Waals surface area contributed by atoms with Crippen molar-refractivity contribution in [2.24, 2.45) is 0 Å². The van der Waals surface area contributed by atoms with Crippen LogP contribution in [-0.4, -0.2) is 15.0 Å². The highest BCUT2D eigenvalue weighted by molar-refractivity contribution is 5.86. The van der Waals surface area contributed by atoms with E-state index in [1.165, 1.54) is 0 Å². The van der Waals surface area contributed by atoms with Crippen LogP contribution in [0.3, 0.4) is 0 Å². The lowest BCUT2D eigenvalue weighted by Gasteiger charge is -2.30. The number of hydrogen-bond acceptors (Lipinski definition) is 5. The van der Waals surface area contributed by atoms with Gasteiger partial charge in [0.1, 0.15) is 22.7 Å². The summed E-state index contributed by atoms with van der Waals surface area (Å²) in [6, 6.07) is 77.6. The molecule has 0 radical (unpaired) electrons. The number of ether oxygens (including phenoxy) is 2. The Bertz CT molecular complexity index is 3110. The first-order valence-electron chi connectivity index (χ1n) is 23.1. The van der Waals surface area contributed by atoms with Crippen LogP contribution in [-0.2, 0) is 11.2 Å². The third kappa shape index (κ3) is 9.60. The van der Waals surface area contributed by atoms with Crippen LogP contribution in [0.4, 0.5) is 0 Å². The predicted molar refractivity (Wildman–Crippen MR) is 278 cm³/mol. The molecule has 0 saturated heterocycles. The van der Waals surface area contributed by atoms with Crippen molar-refractivity contribution in [3.63, 3.8) is 0 Å². The van der Waals surface area contributed by atoms with Gasteiger partial charge in [0.15, 0.2) is 0 Å². The Morgan fingerprint density at radius 2 is 0.676 bits per heavy atom. The third-order valence-electron chi connectivity index (χ3n) is 12.4. The summed E-state index contributed by atoms with van der Waals surface area (Å²) >= 11 is 0. The van der Waals surface area contributed by atoms with E-state index in [9.17, 15) is 0 Å². The van der Waals surface area contributed by atoms with E-state index in [4.69, 9.17) is 14.5 Å². The van der Waals surface area contributed by atoms with Crippen LogP contribution in [0.2, 0.25) is 0 Å². The van der Waals surface area contributed by atoms with E-state index in [0.717, 1.165) is 89.5 Å². The molecular weight excluding hydrogens is 831 g/mol. The highest BCUT2D eigenvalue weighted by Crippen LogP contribution is 2.41. The molecule has 0 unspecified atom stereocenters. The van der Waals surface area contributed by atoms with Gasteiger partial charge < -0.3 is 9.47 Å². The quantitative estimate of drug-likeness (QED) is 0.115. The first kappa shape index (κ1) is 43.5. The summed E-state index contributed by atoms with van der Waals surface area (Å²) in [5, 5.41) is 0. The molecule has 10 rings (SSSR count). The predicted octanol–water partition coefficient (Wildman–Crippen LogP) is 16.2. The van der Waals surface area contributed by atoms with E-state index in [1.54, 1.807) is 0 Å². The lowest BCUT2D eigenvalue weighted by Crippen LogP contribution is -2.26. The van der Waals surface area contributed by atoms with Crippen LogP contribution >= 0.6 is 0 Å². The molecule has 0 aliphatic heterocycles. The van der Waals surface area contributed by atoms with E-state index in [-0.39, 0.29) is 0 Å². The largest absolute Gasteiger partial charge is 0.483 e. The molecule has 0 aliphatic rings. The van der Waals surface area contributed by atoms with Crippen molar-refractivity contribution in [1.82, 2.24) is 15.0 Å². The maximum atomic E-state index is 7.01. The zero-order valence-corrected chi connectivity index (χ0v) is 38.7. The molecule has 3 heterocycles. The number of benzene rings is 7. The Labute approximate surface area is 399 Å². The van der Waals surface area contributed by atoms with Crippen molar-refractivity contribution in [3.8, 4) is 89.9 Å². The number of hydrogen-bond donors (Lipinski definition) is 0. The fraction of sp³-hybridized carbons (Fsp3) is 0.0952. The zero-order chi connectivity index (χ0) is 46.5. The molecule has 5 nitrogen and oxygen atoms in total. The van der Waals surface area contributed by atoms with Gasteiger partial charge in [0.2, 0.25) is 0 Å². The molecule has 330 valence electrons. The number of pyridine rings is 3. The van der Waals surface area contributed by atoms with Gasteiger partial charge in [0.25, 0.3) is 0 Å². The van der Waals surface area contributed by atoms with Gasteiger partial charge in [0, 0.05) is 40.7 Å². The summed E-state index contributed by atoms with van der Waals surface area (Å²) in [7, 11) is 0. The van der Waals surface area contributed by atoms with E-state index >= 15 is 0 Å².